The molecule has 1 saturated heterocycles. The summed E-state index contributed by atoms with van der Waals surface area (Å²) in [7, 11) is 3.78. The van der Waals surface area contributed by atoms with Crippen molar-refractivity contribution in [2.45, 2.75) is 6.04 Å². The molecule has 1 heterocycles. The maximum Gasteiger partial charge on any atom is 0.295 e. The second-order valence-corrected chi connectivity index (χ2v) is 7.91. The van der Waals surface area contributed by atoms with Gasteiger partial charge in [-0.1, -0.05) is 36.4 Å². The summed E-state index contributed by atoms with van der Waals surface area (Å²) < 4.78 is 5.46. The van der Waals surface area contributed by atoms with Crippen molar-refractivity contribution in [3.63, 3.8) is 0 Å². The SMILES string of the molecule is C=CCOc1ccc(C(O)=C2C(=O)C(=O)N(CCN(C)C)[C@@H]2c2cccc(Cl)c2)cc1. The highest BCUT2D eigenvalue weighted by atomic mass is 35.5. The minimum Gasteiger partial charge on any atom is -0.507 e. The lowest BCUT2D eigenvalue weighted by molar-refractivity contribution is -0.140. The minimum absolute atomic E-state index is 0.0470. The van der Waals surface area contributed by atoms with Crippen LogP contribution >= 0.6 is 11.6 Å². The number of hydrogen-bond donors (Lipinski definition) is 1. The normalized spacial score (nSPS) is 17.9. The van der Waals surface area contributed by atoms with Crippen molar-refractivity contribution in [1.82, 2.24) is 9.80 Å². The monoisotopic (exact) mass is 440 g/mol. The van der Waals surface area contributed by atoms with E-state index in [0.717, 1.165) is 0 Å². The Bertz CT molecular complexity index is 1010. The van der Waals surface area contributed by atoms with Gasteiger partial charge in [-0.15, -0.1) is 0 Å². The molecular weight excluding hydrogens is 416 g/mol. The number of carbonyl (C=O) groups is 2. The maximum atomic E-state index is 13.0. The van der Waals surface area contributed by atoms with E-state index in [-0.39, 0.29) is 11.3 Å². The molecule has 1 aliphatic rings. The van der Waals surface area contributed by atoms with Crippen LogP contribution in [0.3, 0.4) is 0 Å². The van der Waals surface area contributed by atoms with Crippen LogP contribution in [-0.2, 0) is 9.59 Å². The number of rotatable bonds is 8. The van der Waals surface area contributed by atoms with Crippen LogP contribution in [-0.4, -0.2) is 60.4 Å². The van der Waals surface area contributed by atoms with E-state index in [1.807, 2.05) is 19.0 Å². The van der Waals surface area contributed by atoms with Gasteiger partial charge in [-0.25, -0.2) is 0 Å². The molecule has 0 aliphatic carbocycles. The lowest BCUT2D eigenvalue weighted by Crippen LogP contribution is -2.35. The molecule has 1 amide bonds. The van der Waals surface area contributed by atoms with Crippen molar-refractivity contribution in [3.05, 3.63) is 82.9 Å². The van der Waals surface area contributed by atoms with Crippen LogP contribution in [0.1, 0.15) is 17.2 Å². The highest BCUT2D eigenvalue weighted by molar-refractivity contribution is 6.46. The molecule has 1 atom stereocenters. The molecule has 6 nitrogen and oxygen atoms in total. The van der Waals surface area contributed by atoms with E-state index in [4.69, 9.17) is 16.3 Å². The number of carbonyl (C=O) groups excluding carboxylic acids is 2. The lowest BCUT2D eigenvalue weighted by Gasteiger charge is -2.26. The molecule has 0 bridgehead atoms. The van der Waals surface area contributed by atoms with Gasteiger partial charge in [0.1, 0.15) is 18.1 Å². The largest absolute Gasteiger partial charge is 0.507 e. The number of aliphatic hydroxyl groups is 1. The molecule has 0 unspecified atom stereocenters. The Morgan fingerprint density at radius 3 is 2.55 bits per heavy atom. The summed E-state index contributed by atoms with van der Waals surface area (Å²) in [5, 5.41) is 11.5. The molecule has 31 heavy (non-hydrogen) atoms. The molecule has 1 N–H and O–H groups in total. The average molecular weight is 441 g/mol. The molecule has 0 radical (unpaired) electrons. The van der Waals surface area contributed by atoms with E-state index in [2.05, 4.69) is 6.58 Å². The molecule has 0 spiro atoms. The summed E-state index contributed by atoms with van der Waals surface area (Å²) in [6.07, 6.45) is 1.63. The number of ether oxygens (including phenoxy) is 1. The van der Waals surface area contributed by atoms with Crippen molar-refractivity contribution in [3.8, 4) is 5.75 Å². The second kappa shape index (κ2) is 9.81. The topological polar surface area (TPSA) is 70.1 Å². The average Bonchev–Trinajstić information content (AvgIpc) is 3.01. The molecule has 7 heteroatoms. The molecule has 1 fully saturated rings. The fourth-order valence-electron chi connectivity index (χ4n) is 3.46. The van der Waals surface area contributed by atoms with Crippen molar-refractivity contribution in [2.75, 3.05) is 33.8 Å². The molecule has 0 aromatic heterocycles. The number of likely N-dealkylation sites (N-methyl/N-ethyl adjacent to an activating group) is 1. The number of ketones is 1. The predicted octanol–water partition coefficient (Wildman–Crippen LogP) is 3.89. The predicted molar refractivity (Wildman–Crippen MR) is 121 cm³/mol. The highest BCUT2D eigenvalue weighted by Gasteiger charge is 2.45. The number of aliphatic hydroxyl groups excluding tert-OH is 1. The van der Waals surface area contributed by atoms with Crippen LogP contribution in [0.2, 0.25) is 5.02 Å². The summed E-state index contributed by atoms with van der Waals surface area (Å²) >= 11 is 6.18. The summed E-state index contributed by atoms with van der Waals surface area (Å²) in [6.45, 7) is 4.87. The number of amides is 1. The number of Topliss-reactive ketones (excluding diaryl/α,β-unsaturated/α-hetero) is 1. The summed E-state index contributed by atoms with van der Waals surface area (Å²) in [6, 6.07) is 12.9. The van der Waals surface area contributed by atoms with Crippen LogP contribution in [0.5, 0.6) is 5.75 Å². The molecule has 162 valence electrons. The second-order valence-electron chi connectivity index (χ2n) is 7.47. The zero-order valence-corrected chi connectivity index (χ0v) is 18.3. The first-order valence-corrected chi connectivity index (χ1v) is 10.2. The third kappa shape index (κ3) is 4.98. The number of hydrogen-bond acceptors (Lipinski definition) is 5. The van der Waals surface area contributed by atoms with Gasteiger partial charge in [0.2, 0.25) is 0 Å². The minimum atomic E-state index is -0.727. The van der Waals surface area contributed by atoms with Gasteiger partial charge in [0, 0.05) is 23.7 Å². The van der Waals surface area contributed by atoms with E-state index in [1.54, 1.807) is 54.6 Å². The van der Waals surface area contributed by atoms with Crippen molar-refractivity contribution in [2.24, 2.45) is 0 Å². The fraction of sp³-hybridized carbons (Fsp3) is 0.250. The Morgan fingerprint density at radius 2 is 1.94 bits per heavy atom. The van der Waals surface area contributed by atoms with E-state index >= 15 is 0 Å². The molecule has 2 aromatic rings. The summed E-state index contributed by atoms with van der Waals surface area (Å²) in [5.41, 5.74) is 1.13. The standard InChI is InChI=1S/C24H25ClN2O4/c1-4-14-31-19-10-8-16(9-11-19)22(28)20-21(17-6-5-7-18(25)15-17)27(13-12-26(2)3)24(30)23(20)29/h4-11,15,21,28H,1,12-14H2,2-3H3/t21-/m1/s1. The Morgan fingerprint density at radius 1 is 1.23 bits per heavy atom. The van der Waals surface area contributed by atoms with Crippen molar-refractivity contribution in [1.29, 1.82) is 0 Å². The Hall–Kier alpha value is -3.09. The number of likely N-dealkylation sites (tertiary alicyclic amines) is 1. The van der Waals surface area contributed by atoms with E-state index < -0.39 is 17.7 Å². The number of benzene rings is 2. The fourth-order valence-corrected chi connectivity index (χ4v) is 3.66. The quantitative estimate of drug-likeness (QED) is 0.292. The Labute approximate surface area is 187 Å². The van der Waals surface area contributed by atoms with Gasteiger partial charge >= 0.3 is 0 Å². The van der Waals surface area contributed by atoms with Gasteiger partial charge in [0.05, 0.1) is 11.6 Å². The van der Waals surface area contributed by atoms with Crippen LogP contribution < -0.4 is 4.74 Å². The molecular formula is C24H25ClN2O4. The van der Waals surface area contributed by atoms with Gasteiger partial charge in [-0.2, -0.15) is 0 Å². The molecule has 3 rings (SSSR count). The van der Waals surface area contributed by atoms with Gasteiger partial charge in [0.15, 0.2) is 0 Å². The number of nitrogens with zero attached hydrogens (tertiary/aromatic N) is 2. The Balaban J connectivity index is 2.07. The van der Waals surface area contributed by atoms with E-state index in [9.17, 15) is 14.7 Å². The summed E-state index contributed by atoms with van der Waals surface area (Å²) in [5.74, 6) is -0.979. The zero-order chi connectivity index (χ0) is 22.5. The molecule has 2 aromatic carbocycles. The van der Waals surface area contributed by atoms with Gasteiger partial charge in [0.25, 0.3) is 11.7 Å². The van der Waals surface area contributed by atoms with Crippen LogP contribution in [0.15, 0.2) is 66.8 Å². The molecule has 0 saturated carbocycles. The smallest absolute Gasteiger partial charge is 0.295 e. The third-order valence-corrected chi connectivity index (χ3v) is 5.22. The Kier molecular flexibility index (Phi) is 7.15. The van der Waals surface area contributed by atoms with Crippen molar-refractivity contribution >= 4 is 29.1 Å². The van der Waals surface area contributed by atoms with Crippen LogP contribution in [0, 0.1) is 0 Å². The molecule has 1 aliphatic heterocycles. The van der Waals surface area contributed by atoms with Crippen LogP contribution in [0.4, 0.5) is 0 Å². The van der Waals surface area contributed by atoms with Gasteiger partial charge in [-0.05, 0) is 56.1 Å². The van der Waals surface area contributed by atoms with Crippen molar-refractivity contribution < 1.29 is 19.4 Å². The van der Waals surface area contributed by atoms with E-state index in [1.165, 1.54) is 4.90 Å². The zero-order valence-electron chi connectivity index (χ0n) is 17.5. The third-order valence-electron chi connectivity index (χ3n) is 4.99. The van der Waals surface area contributed by atoms with Crippen LogP contribution in [0.25, 0.3) is 5.76 Å². The first-order chi connectivity index (χ1) is 14.8. The first-order valence-electron chi connectivity index (χ1n) is 9.86. The van der Waals surface area contributed by atoms with Gasteiger partial charge in [-0.3, -0.25) is 9.59 Å². The highest BCUT2D eigenvalue weighted by Crippen LogP contribution is 2.40. The van der Waals surface area contributed by atoms with Gasteiger partial charge < -0.3 is 19.6 Å². The number of halogens is 1. The lowest BCUT2D eigenvalue weighted by atomic mass is 9.95. The summed E-state index contributed by atoms with van der Waals surface area (Å²) in [4.78, 5) is 29.2. The van der Waals surface area contributed by atoms with E-state index in [0.29, 0.717) is 41.6 Å². The maximum absolute atomic E-state index is 13.0. The first kappa shape index (κ1) is 22.6.